The molecule has 2 nitrogen and oxygen atoms in total. The van der Waals surface area contributed by atoms with Crippen molar-refractivity contribution >= 4 is 22.6 Å². The number of aromatic nitrogens is 1. The van der Waals surface area contributed by atoms with Gasteiger partial charge in [0.25, 0.3) is 0 Å². The molecule has 0 aliphatic carbocycles. The van der Waals surface area contributed by atoms with Crippen LogP contribution in [0, 0.1) is 11.3 Å². The molecule has 124 valence electrons. The lowest BCUT2D eigenvalue weighted by molar-refractivity contribution is 0.977. The second kappa shape index (κ2) is 6.74. The number of hydrogen-bond acceptors (Lipinski definition) is 1. The first kappa shape index (κ1) is 15.9. The zero-order chi connectivity index (χ0) is 17.9. The van der Waals surface area contributed by atoms with E-state index >= 15 is 0 Å². The van der Waals surface area contributed by atoms with Crippen LogP contribution in [0.5, 0.6) is 0 Å². The van der Waals surface area contributed by atoms with Gasteiger partial charge in [-0.3, -0.25) is 0 Å². The molecule has 0 N–H and O–H groups in total. The molecule has 0 spiro atoms. The van der Waals surface area contributed by atoms with Gasteiger partial charge in [-0.15, -0.1) is 0 Å². The van der Waals surface area contributed by atoms with Crippen molar-refractivity contribution in [3.63, 3.8) is 0 Å². The molecule has 2 heteroatoms. The summed E-state index contributed by atoms with van der Waals surface area (Å²) in [7, 11) is 2.08. The third-order valence-corrected chi connectivity index (χ3v) is 4.69. The highest BCUT2D eigenvalue weighted by atomic mass is 14.9. The summed E-state index contributed by atoms with van der Waals surface area (Å²) in [6.07, 6.45) is 2.01. The Bertz CT molecular complexity index is 1130. The molecular formula is C24H18N2. The van der Waals surface area contributed by atoms with Crippen LogP contribution in [0.3, 0.4) is 0 Å². The Hall–Kier alpha value is -3.57. The van der Waals surface area contributed by atoms with E-state index in [1.165, 1.54) is 0 Å². The molecule has 0 aliphatic rings. The zero-order valence-electron chi connectivity index (χ0n) is 14.6. The number of nitrogens with zero attached hydrogens (tertiary/aromatic N) is 2. The second-order valence-electron chi connectivity index (χ2n) is 6.24. The predicted octanol–water partition coefficient (Wildman–Crippen LogP) is 5.91. The van der Waals surface area contributed by atoms with Crippen molar-refractivity contribution < 1.29 is 0 Å². The molecule has 3 aromatic carbocycles. The molecule has 0 fully saturated rings. The molecule has 1 heterocycles. The molecule has 0 saturated carbocycles. The minimum absolute atomic E-state index is 0.666. The molecule has 0 aliphatic heterocycles. The standard InChI is InChI=1S/C24H18N2/c1-26-23-15-9-8-14-21(23)22(24(26)19-12-6-3-7-13-19)16-20(17-25)18-10-4-2-5-11-18/h2-16H,1H3/b20-16+. The van der Waals surface area contributed by atoms with Gasteiger partial charge in [-0.1, -0.05) is 78.9 Å². The van der Waals surface area contributed by atoms with Gasteiger partial charge in [0.15, 0.2) is 0 Å². The SMILES string of the molecule is Cn1c(-c2ccccc2)c(/C=C(\C#N)c2ccccc2)c2ccccc21. The third-order valence-electron chi connectivity index (χ3n) is 4.69. The Labute approximate surface area is 153 Å². The van der Waals surface area contributed by atoms with E-state index in [0.29, 0.717) is 5.57 Å². The third kappa shape index (κ3) is 2.70. The quantitative estimate of drug-likeness (QED) is 0.428. The number of benzene rings is 3. The largest absolute Gasteiger partial charge is 0.343 e. The van der Waals surface area contributed by atoms with Crippen LogP contribution >= 0.6 is 0 Å². The van der Waals surface area contributed by atoms with Crippen molar-refractivity contribution in [3.05, 3.63) is 96.1 Å². The molecule has 0 radical (unpaired) electrons. The van der Waals surface area contributed by atoms with E-state index in [1.54, 1.807) is 0 Å². The number of hydrogen-bond donors (Lipinski definition) is 0. The predicted molar refractivity (Wildman–Crippen MR) is 108 cm³/mol. The van der Waals surface area contributed by atoms with Crippen LogP contribution in [-0.4, -0.2) is 4.57 Å². The number of nitriles is 1. The number of fused-ring (bicyclic) bond motifs is 1. The molecule has 0 atom stereocenters. The van der Waals surface area contributed by atoms with Crippen molar-refractivity contribution in [1.82, 2.24) is 4.57 Å². The van der Waals surface area contributed by atoms with Crippen LogP contribution in [0.1, 0.15) is 11.1 Å². The van der Waals surface area contributed by atoms with Gasteiger partial charge in [0, 0.05) is 23.5 Å². The first-order valence-corrected chi connectivity index (χ1v) is 8.59. The van der Waals surface area contributed by atoms with E-state index in [-0.39, 0.29) is 0 Å². The molecule has 4 rings (SSSR count). The van der Waals surface area contributed by atoms with Crippen LogP contribution in [0.2, 0.25) is 0 Å². The van der Waals surface area contributed by atoms with Crippen molar-refractivity contribution in [2.24, 2.45) is 7.05 Å². The second-order valence-corrected chi connectivity index (χ2v) is 6.24. The summed E-state index contributed by atoms with van der Waals surface area (Å²) in [5, 5.41) is 10.9. The highest BCUT2D eigenvalue weighted by molar-refractivity contribution is 6.03. The van der Waals surface area contributed by atoms with E-state index in [1.807, 2.05) is 66.7 Å². The molecule has 0 saturated heterocycles. The van der Waals surface area contributed by atoms with Gasteiger partial charge in [-0.25, -0.2) is 0 Å². The number of allylic oxidation sites excluding steroid dienone is 1. The van der Waals surface area contributed by atoms with Gasteiger partial charge in [-0.2, -0.15) is 5.26 Å². The summed E-state index contributed by atoms with van der Waals surface area (Å²) in [5.74, 6) is 0. The summed E-state index contributed by atoms with van der Waals surface area (Å²) in [6.45, 7) is 0. The molecule has 1 aromatic heterocycles. The van der Waals surface area contributed by atoms with Crippen molar-refractivity contribution in [1.29, 1.82) is 5.26 Å². The monoisotopic (exact) mass is 334 g/mol. The fourth-order valence-electron chi connectivity index (χ4n) is 3.46. The summed E-state index contributed by atoms with van der Waals surface area (Å²) in [4.78, 5) is 0. The molecule has 0 bridgehead atoms. The van der Waals surface area contributed by atoms with Crippen LogP contribution in [0.15, 0.2) is 84.9 Å². The number of aryl methyl sites for hydroxylation is 1. The fraction of sp³-hybridized carbons (Fsp3) is 0.0417. The normalized spacial score (nSPS) is 11.5. The number of para-hydroxylation sites is 1. The van der Waals surface area contributed by atoms with Gasteiger partial charge in [0.1, 0.15) is 0 Å². The minimum atomic E-state index is 0.666. The fourth-order valence-corrected chi connectivity index (χ4v) is 3.46. The highest BCUT2D eigenvalue weighted by Gasteiger charge is 2.15. The van der Waals surface area contributed by atoms with Gasteiger partial charge in [-0.05, 0) is 23.3 Å². The summed E-state index contributed by atoms with van der Waals surface area (Å²) in [6, 6.07) is 30.9. The maximum absolute atomic E-state index is 9.76. The van der Waals surface area contributed by atoms with E-state index in [9.17, 15) is 5.26 Å². The van der Waals surface area contributed by atoms with Gasteiger partial charge in [0.2, 0.25) is 0 Å². The van der Waals surface area contributed by atoms with E-state index in [0.717, 1.165) is 33.3 Å². The highest BCUT2D eigenvalue weighted by Crippen LogP contribution is 2.35. The lowest BCUT2D eigenvalue weighted by Crippen LogP contribution is -1.92. The lowest BCUT2D eigenvalue weighted by atomic mass is 9.99. The molecule has 0 amide bonds. The topological polar surface area (TPSA) is 28.7 Å². The van der Waals surface area contributed by atoms with Crippen molar-refractivity contribution in [3.8, 4) is 17.3 Å². The Morgan fingerprint density at radius 2 is 1.46 bits per heavy atom. The lowest BCUT2D eigenvalue weighted by Gasteiger charge is -2.07. The average Bonchev–Trinajstić information content (AvgIpc) is 2.99. The van der Waals surface area contributed by atoms with Crippen LogP contribution < -0.4 is 0 Å². The maximum Gasteiger partial charge on any atom is 0.0998 e. The molecule has 26 heavy (non-hydrogen) atoms. The van der Waals surface area contributed by atoms with Gasteiger partial charge >= 0.3 is 0 Å². The zero-order valence-corrected chi connectivity index (χ0v) is 14.6. The van der Waals surface area contributed by atoms with Crippen molar-refractivity contribution in [2.45, 2.75) is 0 Å². The first-order chi connectivity index (χ1) is 12.8. The Morgan fingerprint density at radius 1 is 0.846 bits per heavy atom. The van der Waals surface area contributed by atoms with Gasteiger partial charge in [0.05, 0.1) is 17.3 Å². The molecular weight excluding hydrogens is 316 g/mol. The van der Waals surface area contributed by atoms with Gasteiger partial charge < -0.3 is 4.57 Å². The Kier molecular flexibility index (Phi) is 4.13. The van der Waals surface area contributed by atoms with Crippen LogP contribution in [-0.2, 0) is 7.05 Å². The number of rotatable bonds is 3. The molecule has 0 unspecified atom stereocenters. The van der Waals surface area contributed by atoms with E-state index < -0.39 is 0 Å². The van der Waals surface area contributed by atoms with E-state index in [4.69, 9.17) is 0 Å². The Balaban J connectivity index is 2.03. The summed E-state index contributed by atoms with van der Waals surface area (Å²) >= 11 is 0. The summed E-state index contributed by atoms with van der Waals surface area (Å²) < 4.78 is 2.20. The first-order valence-electron chi connectivity index (χ1n) is 8.59. The van der Waals surface area contributed by atoms with Crippen molar-refractivity contribution in [2.75, 3.05) is 0 Å². The Morgan fingerprint density at radius 3 is 2.15 bits per heavy atom. The summed E-state index contributed by atoms with van der Waals surface area (Å²) in [5.41, 5.74) is 6.09. The van der Waals surface area contributed by atoms with Crippen LogP contribution in [0.25, 0.3) is 33.8 Å². The van der Waals surface area contributed by atoms with Crippen LogP contribution in [0.4, 0.5) is 0 Å². The minimum Gasteiger partial charge on any atom is -0.343 e. The molecule has 4 aromatic rings. The average molecular weight is 334 g/mol. The maximum atomic E-state index is 9.76. The smallest absolute Gasteiger partial charge is 0.0998 e. The van der Waals surface area contributed by atoms with E-state index in [2.05, 4.69) is 41.9 Å².